The molecular weight excluding hydrogens is 295 g/mol. The third-order valence-corrected chi connectivity index (χ3v) is 3.76. The molecule has 0 aliphatic heterocycles. The number of benzene rings is 2. The van der Waals surface area contributed by atoms with Gasteiger partial charge in [0.15, 0.2) is 0 Å². The summed E-state index contributed by atoms with van der Waals surface area (Å²) in [5.41, 5.74) is 7.37. The predicted molar refractivity (Wildman–Crippen MR) is 83.1 cm³/mol. The van der Waals surface area contributed by atoms with E-state index in [0.717, 1.165) is 5.56 Å². The monoisotopic (exact) mass is 308 g/mol. The Balaban J connectivity index is 2.21. The first-order chi connectivity index (χ1) is 9.50. The number of carbonyl (C=O) groups excluding carboxylic acids is 1. The highest BCUT2D eigenvalue weighted by atomic mass is 35.5. The largest absolute Gasteiger partial charge is 0.398 e. The van der Waals surface area contributed by atoms with E-state index in [4.69, 9.17) is 28.9 Å². The van der Waals surface area contributed by atoms with Crippen LogP contribution in [-0.2, 0) is 6.54 Å². The summed E-state index contributed by atoms with van der Waals surface area (Å²) in [6.45, 7) is 0.406. The Hall–Kier alpha value is -1.71. The molecule has 0 saturated heterocycles. The van der Waals surface area contributed by atoms with Crippen molar-refractivity contribution in [2.75, 3.05) is 12.8 Å². The first-order valence-corrected chi connectivity index (χ1v) is 6.79. The Morgan fingerprint density at radius 2 is 1.85 bits per heavy atom. The van der Waals surface area contributed by atoms with Crippen LogP contribution in [0.1, 0.15) is 15.9 Å². The van der Waals surface area contributed by atoms with Crippen LogP contribution in [0.15, 0.2) is 42.5 Å². The number of rotatable bonds is 3. The lowest BCUT2D eigenvalue weighted by molar-refractivity contribution is 0.0785. The van der Waals surface area contributed by atoms with Gasteiger partial charge in [0.05, 0.1) is 16.3 Å². The minimum atomic E-state index is -0.192. The lowest BCUT2D eigenvalue weighted by atomic mass is 10.1. The molecule has 0 aliphatic rings. The molecule has 0 aliphatic carbocycles. The van der Waals surface area contributed by atoms with E-state index in [2.05, 4.69) is 0 Å². The van der Waals surface area contributed by atoms with Gasteiger partial charge in [-0.3, -0.25) is 4.79 Å². The fraction of sp³-hybridized carbons (Fsp3) is 0.133. The maximum absolute atomic E-state index is 12.4. The number of carbonyl (C=O) groups is 1. The molecule has 0 radical (unpaired) electrons. The molecule has 0 heterocycles. The van der Waals surface area contributed by atoms with Gasteiger partial charge in [0.25, 0.3) is 5.91 Å². The van der Waals surface area contributed by atoms with Crippen LogP contribution in [0.2, 0.25) is 10.0 Å². The minimum Gasteiger partial charge on any atom is -0.398 e. The van der Waals surface area contributed by atoms with Crippen molar-refractivity contribution in [1.82, 2.24) is 4.90 Å². The zero-order chi connectivity index (χ0) is 14.7. The van der Waals surface area contributed by atoms with Gasteiger partial charge in [-0.05, 0) is 23.8 Å². The van der Waals surface area contributed by atoms with E-state index in [1.807, 2.05) is 18.2 Å². The van der Waals surface area contributed by atoms with Crippen molar-refractivity contribution in [2.24, 2.45) is 0 Å². The molecule has 2 N–H and O–H groups in total. The van der Waals surface area contributed by atoms with Gasteiger partial charge < -0.3 is 10.6 Å². The fourth-order valence-corrected chi connectivity index (χ4v) is 2.28. The van der Waals surface area contributed by atoms with E-state index in [0.29, 0.717) is 22.8 Å². The number of hydrogen-bond acceptors (Lipinski definition) is 2. The second kappa shape index (κ2) is 6.16. The van der Waals surface area contributed by atoms with Gasteiger partial charge in [0.1, 0.15) is 0 Å². The number of hydrogen-bond donors (Lipinski definition) is 1. The van der Waals surface area contributed by atoms with Gasteiger partial charge in [0, 0.05) is 18.6 Å². The second-order valence-corrected chi connectivity index (χ2v) is 5.25. The van der Waals surface area contributed by atoms with Gasteiger partial charge in [-0.2, -0.15) is 0 Å². The smallest absolute Gasteiger partial charge is 0.255 e. The molecule has 0 spiro atoms. The van der Waals surface area contributed by atoms with Crippen molar-refractivity contribution in [3.05, 3.63) is 63.6 Å². The second-order valence-electron chi connectivity index (χ2n) is 4.46. The molecule has 3 nitrogen and oxygen atoms in total. The van der Waals surface area contributed by atoms with Crippen LogP contribution in [0.4, 0.5) is 5.69 Å². The Morgan fingerprint density at radius 3 is 2.55 bits per heavy atom. The van der Waals surface area contributed by atoms with Crippen molar-refractivity contribution < 1.29 is 4.79 Å². The summed E-state index contributed by atoms with van der Waals surface area (Å²) in [5.74, 6) is -0.192. The molecule has 5 heteroatoms. The molecule has 2 aromatic rings. The van der Waals surface area contributed by atoms with Gasteiger partial charge >= 0.3 is 0 Å². The molecule has 0 atom stereocenters. The standard InChI is InChI=1S/C15H14Cl2N2O/c1-19(9-10-5-2-3-7-12(10)16)15(20)11-6-4-8-13(18)14(11)17/h2-8H,9,18H2,1H3. The third-order valence-electron chi connectivity index (χ3n) is 2.97. The minimum absolute atomic E-state index is 0.192. The molecule has 0 unspecified atom stereocenters. The number of nitrogens with zero attached hydrogens (tertiary/aromatic N) is 1. The SMILES string of the molecule is CN(Cc1ccccc1Cl)C(=O)c1cccc(N)c1Cl. The predicted octanol–water partition coefficient (Wildman–Crippen LogP) is 3.85. The van der Waals surface area contributed by atoms with Gasteiger partial charge in [-0.25, -0.2) is 0 Å². The van der Waals surface area contributed by atoms with Crippen LogP contribution < -0.4 is 5.73 Å². The average molecular weight is 309 g/mol. The van der Waals surface area contributed by atoms with Crippen molar-refractivity contribution in [1.29, 1.82) is 0 Å². The average Bonchev–Trinajstić information content (AvgIpc) is 2.43. The maximum atomic E-state index is 12.4. The first kappa shape index (κ1) is 14.7. The highest BCUT2D eigenvalue weighted by Crippen LogP contribution is 2.25. The zero-order valence-corrected chi connectivity index (χ0v) is 12.4. The van der Waals surface area contributed by atoms with E-state index in [-0.39, 0.29) is 10.9 Å². The number of anilines is 1. The summed E-state index contributed by atoms with van der Waals surface area (Å²) in [5, 5.41) is 0.911. The molecule has 0 saturated carbocycles. The van der Waals surface area contributed by atoms with E-state index < -0.39 is 0 Å². The molecule has 0 fully saturated rings. The normalized spacial score (nSPS) is 10.3. The van der Waals surface area contributed by atoms with Gasteiger partial charge in [-0.15, -0.1) is 0 Å². The number of nitrogens with two attached hydrogens (primary N) is 1. The van der Waals surface area contributed by atoms with E-state index in [1.165, 1.54) is 0 Å². The summed E-state index contributed by atoms with van der Waals surface area (Å²) in [6, 6.07) is 12.4. The zero-order valence-electron chi connectivity index (χ0n) is 10.9. The summed E-state index contributed by atoms with van der Waals surface area (Å²) in [4.78, 5) is 13.9. The van der Waals surface area contributed by atoms with Gasteiger partial charge in [-0.1, -0.05) is 47.5 Å². The van der Waals surface area contributed by atoms with E-state index in [1.54, 1.807) is 36.2 Å². The Bertz CT molecular complexity index is 644. The van der Waals surface area contributed by atoms with Crippen molar-refractivity contribution in [3.63, 3.8) is 0 Å². The number of amides is 1. The molecule has 104 valence electrons. The maximum Gasteiger partial charge on any atom is 0.255 e. The van der Waals surface area contributed by atoms with Crippen LogP contribution in [0, 0.1) is 0 Å². The summed E-state index contributed by atoms with van der Waals surface area (Å²) in [7, 11) is 1.70. The van der Waals surface area contributed by atoms with E-state index in [9.17, 15) is 4.79 Å². The fourth-order valence-electron chi connectivity index (χ4n) is 1.87. The highest BCUT2D eigenvalue weighted by molar-refractivity contribution is 6.36. The van der Waals surface area contributed by atoms with Crippen molar-refractivity contribution >= 4 is 34.8 Å². The lowest BCUT2D eigenvalue weighted by Crippen LogP contribution is -2.26. The summed E-state index contributed by atoms with van der Waals surface area (Å²) < 4.78 is 0. The Morgan fingerprint density at radius 1 is 1.15 bits per heavy atom. The number of nitrogen functional groups attached to an aromatic ring is 1. The molecule has 2 aromatic carbocycles. The van der Waals surface area contributed by atoms with Crippen molar-refractivity contribution in [2.45, 2.75) is 6.54 Å². The van der Waals surface area contributed by atoms with Crippen LogP contribution in [0.5, 0.6) is 0 Å². The molecule has 1 amide bonds. The van der Waals surface area contributed by atoms with E-state index >= 15 is 0 Å². The molecule has 2 rings (SSSR count). The molecule has 0 bridgehead atoms. The van der Waals surface area contributed by atoms with Crippen molar-refractivity contribution in [3.8, 4) is 0 Å². The third kappa shape index (κ3) is 3.06. The lowest BCUT2D eigenvalue weighted by Gasteiger charge is -2.19. The first-order valence-electron chi connectivity index (χ1n) is 6.03. The topological polar surface area (TPSA) is 46.3 Å². The van der Waals surface area contributed by atoms with Gasteiger partial charge in [0.2, 0.25) is 0 Å². The highest BCUT2D eigenvalue weighted by Gasteiger charge is 2.17. The number of halogens is 2. The molecule has 0 aromatic heterocycles. The Labute approximate surface area is 127 Å². The van der Waals surface area contributed by atoms with Crippen LogP contribution in [0.25, 0.3) is 0 Å². The quantitative estimate of drug-likeness (QED) is 0.875. The summed E-state index contributed by atoms with van der Waals surface area (Å²) >= 11 is 12.2. The molecule has 20 heavy (non-hydrogen) atoms. The Kier molecular flexibility index (Phi) is 4.53. The van der Waals surface area contributed by atoms with Crippen LogP contribution >= 0.6 is 23.2 Å². The van der Waals surface area contributed by atoms with Crippen LogP contribution in [0.3, 0.4) is 0 Å². The van der Waals surface area contributed by atoms with Crippen LogP contribution in [-0.4, -0.2) is 17.9 Å². The summed E-state index contributed by atoms with van der Waals surface area (Å²) in [6.07, 6.45) is 0. The molecular formula is C15H14Cl2N2O.